The Morgan fingerprint density at radius 2 is 2.05 bits per heavy atom. The van der Waals surface area contributed by atoms with Gasteiger partial charge in [0.2, 0.25) is 11.8 Å². The van der Waals surface area contributed by atoms with Gasteiger partial charge in [-0.25, -0.2) is 10.9 Å². The summed E-state index contributed by atoms with van der Waals surface area (Å²) in [6.45, 7) is 6.46. The SMILES string of the molecule is CC(C)(C)c1ccc(/C=N/NC(=O)CC2=NNC(=O)C2)cc1. The second-order valence-corrected chi connectivity index (χ2v) is 6.23. The molecule has 0 unspecified atom stereocenters. The third-order valence-electron chi connectivity index (χ3n) is 3.25. The van der Waals surface area contributed by atoms with Gasteiger partial charge >= 0.3 is 0 Å². The van der Waals surface area contributed by atoms with Crippen molar-refractivity contribution in [2.24, 2.45) is 10.2 Å². The Morgan fingerprint density at radius 1 is 1.36 bits per heavy atom. The molecule has 22 heavy (non-hydrogen) atoms. The molecule has 1 aromatic rings. The number of carbonyl (C=O) groups is 2. The average molecular weight is 300 g/mol. The largest absolute Gasteiger partial charge is 0.273 e. The molecule has 0 fully saturated rings. The molecule has 0 atom stereocenters. The van der Waals surface area contributed by atoms with Crippen LogP contribution >= 0.6 is 0 Å². The minimum absolute atomic E-state index is 0.0685. The fraction of sp³-hybridized carbons (Fsp3) is 0.375. The van der Waals surface area contributed by atoms with Gasteiger partial charge < -0.3 is 0 Å². The molecule has 0 bridgehead atoms. The maximum absolute atomic E-state index is 11.6. The molecule has 0 aliphatic carbocycles. The molecule has 0 radical (unpaired) electrons. The number of nitrogens with one attached hydrogen (secondary N) is 2. The molecule has 0 spiro atoms. The monoisotopic (exact) mass is 300 g/mol. The first-order valence-electron chi connectivity index (χ1n) is 7.11. The van der Waals surface area contributed by atoms with Crippen molar-refractivity contribution in [3.63, 3.8) is 0 Å². The highest BCUT2D eigenvalue weighted by molar-refractivity contribution is 6.11. The highest BCUT2D eigenvalue weighted by Gasteiger charge is 2.17. The van der Waals surface area contributed by atoms with Gasteiger partial charge in [0.05, 0.1) is 24.8 Å². The molecule has 1 aliphatic heterocycles. The van der Waals surface area contributed by atoms with E-state index >= 15 is 0 Å². The number of carbonyl (C=O) groups excluding carboxylic acids is 2. The lowest BCUT2D eigenvalue weighted by molar-refractivity contribution is -0.119. The van der Waals surface area contributed by atoms with E-state index in [0.29, 0.717) is 5.71 Å². The van der Waals surface area contributed by atoms with Crippen molar-refractivity contribution in [1.82, 2.24) is 10.9 Å². The molecular formula is C16H20N4O2. The number of amides is 2. The first kappa shape index (κ1) is 15.9. The standard InChI is InChI=1S/C16H20N4O2/c1-16(2,3)12-6-4-11(5-7-12)10-17-19-14(21)8-13-9-15(22)20-18-13/h4-7,10H,8-9H2,1-3H3,(H,19,21)(H,20,22)/b17-10+. The lowest BCUT2D eigenvalue weighted by atomic mass is 9.87. The number of benzene rings is 1. The van der Waals surface area contributed by atoms with Crippen LogP contribution in [0.1, 0.15) is 44.7 Å². The van der Waals surface area contributed by atoms with Crippen molar-refractivity contribution in [2.45, 2.75) is 39.0 Å². The quantitative estimate of drug-likeness (QED) is 0.655. The van der Waals surface area contributed by atoms with Crippen LogP contribution in [0.5, 0.6) is 0 Å². The summed E-state index contributed by atoms with van der Waals surface area (Å²) < 4.78 is 0. The van der Waals surface area contributed by atoms with Crippen LogP contribution in [-0.4, -0.2) is 23.7 Å². The summed E-state index contributed by atoms with van der Waals surface area (Å²) in [5.74, 6) is -0.483. The van der Waals surface area contributed by atoms with Crippen LogP contribution in [0.15, 0.2) is 34.5 Å². The molecule has 1 heterocycles. The van der Waals surface area contributed by atoms with Crippen molar-refractivity contribution in [3.05, 3.63) is 35.4 Å². The second kappa shape index (κ2) is 6.51. The molecule has 2 N–H and O–H groups in total. The van der Waals surface area contributed by atoms with Gasteiger partial charge in [-0.3, -0.25) is 9.59 Å². The minimum atomic E-state index is -0.294. The molecule has 0 saturated carbocycles. The summed E-state index contributed by atoms with van der Waals surface area (Å²) in [6.07, 6.45) is 1.83. The zero-order valence-corrected chi connectivity index (χ0v) is 13.0. The molecule has 1 aliphatic rings. The first-order valence-corrected chi connectivity index (χ1v) is 7.11. The predicted octanol–water partition coefficient (Wildman–Crippen LogP) is 1.70. The van der Waals surface area contributed by atoms with E-state index in [4.69, 9.17) is 0 Å². The zero-order valence-electron chi connectivity index (χ0n) is 13.0. The zero-order chi connectivity index (χ0) is 16.2. The summed E-state index contributed by atoms with van der Waals surface area (Å²) in [6, 6.07) is 8.02. The molecule has 2 rings (SSSR count). The van der Waals surface area contributed by atoms with E-state index < -0.39 is 0 Å². The van der Waals surface area contributed by atoms with Crippen LogP contribution in [-0.2, 0) is 15.0 Å². The highest BCUT2D eigenvalue weighted by Crippen LogP contribution is 2.21. The molecule has 6 nitrogen and oxygen atoms in total. The van der Waals surface area contributed by atoms with Gasteiger partial charge in [0.15, 0.2) is 0 Å². The Bertz CT molecular complexity index is 625. The summed E-state index contributed by atoms with van der Waals surface area (Å²) in [5.41, 5.74) is 7.51. The van der Waals surface area contributed by atoms with Gasteiger partial charge in [-0.1, -0.05) is 45.0 Å². The van der Waals surface area contributed by atoms with E-state index in [0.717, 1.165) is 5.56 Å². The molecular weight excluding hydrogens is 280 g/mol. The maximum atomic E-state index is 11.6. The molecule has 116 valence electrons. The Balaban J connectivity index is 1.84. The van der Waals surface area contributed by atoms with Crippen molar-refractivity contribution >= 4 is 23.7 Å². The Hall–Kier alpha value is -2.50. The lowest BCUT2D eigenvalue weighted by Gasteiger charge is -2.18. The van der Waals surface area contributed by atoms with E-state index in [9.17, 15) is 9.59 Å². The summed E-state index contributed by atoms with van der Waals surface area (Å²) in [5, 5.41) is 7.67. The third-order valence-corrected chi connectivity index (χ3v) is 3.25. The number of hydrogen-bond donors (Lipinski definition) is 2. The second-order valence-electron chi connectivity index (χ2n) is 6.23. The summed E-state index contributed by atoms with van der Waals surface area (Å²) in [4.78, 5) is 22.6. The first-order chi connectivity index (χ1) is 10.3. The summed E-state index contributed by atoms with van der Waals surface area (Å²) >= 11 is 0. The maximum Gasteiger partial charge on any atom is 0.245 e. The fourth-order valence-electron chi connectivity index (χ4n) is 1.98. The average Bonchev–Trinajstić information content (AvgIpc) is 2.83. The van der Waals surface area contributed by atoms with Gasteiger partial charge in [-0.05, 0) is 16.5 Å². The number of nitrogens with zero attached hydrogens (tertiary/aromatic N) is 2. The number of hydrazone groups is 2. The van der Waals surface area contributed by atoms with Crippen molar-refractivity contribution in [3.8, 4) is 0 Å². The molecule has 0 saturated heterocycles. The van der Waals surface area contributed by atoms with Gasteiger partial charge in [0, 0.05) is 0 Å². The normalized spacial score (nSPS) is 14.9. The van der Waals surface area contributed by atoms with Crippen molar-refractivity contribution in [2.75, 3.05) is 0 Å². The fourth-order valence-corrected chi connectivity index (χ4v) is 1.98. The van der Waals surface area contributed by atoms with Crippen molar-refractivity contribution in [1.29, 1.82) is 0 Å². The lowest BCUT2D eigenvalue weighted by Crippen LogP contribution is -2.20. The topological polar surface area (TPSA) is 82.9 Å². The minimum Gasteiger partial charge on any atom is -0.273 e. The Labute approximate surface area is 129 Å². The predicted molar refractivity (Wildman–Crippen MR) is 85.7 cm³/mol. The van der Waals surface area contributed by atoms with Gasteiger partial charge in [0.25, 0.3) is 0 Å². The van der Waals surface area contributed by atoms with Gasteiger partial charge in [-0.15, -0.1) is 0 Å². The van der Waals surface area contributed by atoms with E-state index in [1.807, 2.05) is 24.3 Å². The Kier molecular flexibility index (Phi) is 4.70. The van der Waals surface area contributed by atoms with E-state index in [2.05, 4.69) is 41.8 Å². The molecule has 6 heteroatoms. The van der Waals surface area contributed by atoms with Crippen LogP contribution in [0.3, 0.4) is 0 Å². The molecule has 2 amide bonds. The number of rotatable bonds is 4. The van der Waals surface area contributed by atoms with Crippen molar-refractivity contribution < 1.29 is 9.59 Å². The molecule has 1 aromatic carbocycles. The van der Waals surface area contributed by atoms with E-state index in [-0.39, 0.29) is 30.1 Å². The van der Waals surface area contributed by atoms with E-state index in [1.54, 1.807) is 6.21 Å². The summed E-state index contributed by atoms with van der Waals surface area (Å²) in [7, 11) is 0. The molecule has 0 aromatic heterocycles. The Morgan fingerprint density at radius 3 is 2.59 bits per heavy atom. The number of hydrogen-bond acceptors (Lipinski definition) is 4. The highest BCUT2D eigenvalue weighted by atomic mass is 16.2. The van der Waals surface area contributed by atoms with Crippen LogP contribution in [0.2, 0.25) is 0 Å². The van der Waals surface area contributed by atoms with Crippen LogP contribution < -0.4 is 10.9 Å². The van der Waals surface area contributed by atoms with Crippen LogP contribution in [0.4, 0.5) is 0 Å². The smallest absolute Gasteiger partial charge is 0.245 e. The van der Waals surface area contributed by atoms with Crippen LogP contribution in [0, 0.1) is 0 Å². The van der Waals surface area contributed by atoms with Gasteiger partial charge in [0.1, 0.15) is 0 Å². The van der Waals surface area contributed by atoms with E-state index in [1.165, 1.54) is 5.56 Å². The third kappa shape index (κ3) is 4.51. The van der Waals surface area contributed by atoms with Crippen LogP contribution in [0.25, 0.3) is 0 Å². The van der Waals surface area contributed by atoms with Gasteiger partial charge in [-0.2, -0.15) is 10.2 Å².